The summed E-state index contributed by atoms with van der Waals surface area (Å²) < 4.78 is 23.0. The fourth-order valence-electron chi connectivity index (χ4n) is 1.59. The quantitative estimate of drug-likeness (QED) is 0.761. The molecule has 2 aromatic heterocycles. The Morgan fingerprint density at radius 1 is 1.28 bits per heavy atom. The lowest BCUT2D eigenvalue weighted by Gasteiger charge is -2.10. The lowest BCUT2D eigenvalue weighted by atomic mass is 10.1. The minimum Gasteiger partial charge on any atom is -0.543 e. The number of pyridine rings is 1. The van der Waals surface area contributed by atoms with Crippen LogP contribution in [0.25, 0.3) is 11.1 Å². The fourth-order valence-corrected chi connectivity index (χ4v) is 2.25. The molecule has 0 amide bonds. The Morgan fingerprint density at radius 3 is 2.39 bits per heavy atom. The molecular formula is C10H8N3O4S-. The SMILES string of the molecule is NS(=O)(=O)n1ccc(-c2ccncc2)c1C(=O)[O-]. The van der Waals surface area contributed by atoms with Crippen LogP contribution in [0.4, 0.5) is 0 Å². The maximum Gasteiger partial charge on any atom is 0.302 e. The number of aromatic carboxylic acids is 1. The van der Waals surface area contributed by atoms with Crippen molar-refractivity contribution in [2.45, 2.75) is 0 Å². The van der Waals surface area contributed by atoms with Gasteiger partial charge in [-0.25, -0.2) is 9.11 Å². The average Bonchev–Trinajstić information content (AvgIpc) is 2.74. The van der Waals surface area contributed by atoms with Crippen LogP contribution < -0.4 is 10.2 Å². The first-order chi connectivity index (χ1) is 8.41. The maximum atomic E-state index is 11.2. The van der Waals surface area contributed by atoms with E-state index < -0.39 is 21.9 Å². The molecule has 2 aromatic rings. The van der Waals surface area contributed by atoms with Crippen molar-refractivity contribution >= 4 is 16.2 Å². The van der Waals surface area contributed by atoms with Gasteiger partial charge >= 0.3 is 10.2 Å². The number of nitrogens with two attached hydrogens (primary N) is 1. The van der Waals surface area contributed by atoms with Crippen molar-refractivity contribution in [3.8, 4) is 11.1 Å². The molecule has 2 heterocycles. The first-order valence-electron chi connectivity index (χ1n) is 4.77. The lowest BCUT2D eigenvalue weighted by Crippen LogP contribution is -2.31. The number of hydrogen-bond acceptors (Lipinski definition) is 5. The van der Waals surface area contributed by atoms with Crippen LogP contribution in [0.15, 0.2) is 36.8 Å². The molecule has 0 fully saturated rings. The summed E-state index contributed by atoms with van der Waals surface area (Å²) in [5.74, 6) is -1.62. The van der Waals surface area contributed by atoms with Gasteiger partial charge < -0.3 is 9.90 Å². The summed E-state index contributed by atoms with van der Waals surface area (Å²) in [5.41, 5.74) is 0.196. The Labute approximate surface area is 103 Å². The predicted octanol–water partition coefficient (Wildman–Crippen LogP) is -1.03. The van der Waals surface area contributed by atoms with E-state index >= 15 is 0 Å². The Morgan fingerprint density at radius 2 is 1.89 bits per heavy atom. The van der Waals surface area contributed by atoms with Gasteiger partial charge in [0.1, 0.15) is 0 Å². The number of rotatable bonds is 3. The third-order valence-corrected chi connectivity index (χ3v) is 3.16. The van der Waals surface area contributed by atoms with Crippen LogP contribution >= 0.6 is 0 Å². The van der Waals surface area contributed by atoms with Gasteiger partial charge in [-0.3, -0.25) is 4.98 Å². The normalized spacial score (nSPS) is 11.4. The molecular weight excluding hydrogens is 258 g/mol. The summed E-state index contributed by atoms with van der Waals surface area (Å²) >= 11 is 0. The highest BCUT2D eigenvalue weighted by molar-refractivity contribution is 7.87. The van der Waals surface area contributed by atoms with Crippen molar-refractivity contribution in [1.29, 1.82) is 0 Å². The van der Waals surface area contributed by atoms with Crippen molar-refractivity contribution in [3.63, 3.8) is 0 Å². The maximum absolute atomic E-state index is 11.2. The molecule has 0 aliphatic rings. The molecule has 0 aromatic carbocycles. The molecule has 0 aliphatic heterocycles. The molecule has 2 rings (SSSR count). The average molecular weight is 266 g/mol. The molecule has 0 saturated carbocycles. The smallest absolute Gasteiger partial charge is 0.302 e. The van der Waals surface area contributed by atoms with Crippen molar-refractivity contribution in [2.24, 2.45) is 5.14 Å². The highest BCUT2D eigenvalue weighted by Gasteiger charge is 2.17. The Hall–Kier alpha value is -2.19. The molecule has 0 bridgehead atoms. The van der Waals surface area contributed by atoms with Crippen molar-refractivity contribution in [3.05, 3.63) is 42.5 Å². The van der Waals surface area contributed by atoms with E-state index in [1.807, 2.05) is 0 Å². The summed E-state index contributed by atoms with van der Waals surface area (Å²) in [6.45, 7) is 0. The van der Waals surface area contributed by atoms with Gasteiger partial charge in [-0.15, -0.1) is 0 Å². The third-order valence-electron chi connectivity index (χ3n) is 2.31. The summed E-state index contributed by atoms with van der Waals surface area (Å²) in [6.07, 6.45) is 3.99. The zero-order valence-corrected chi connectivity index (χ0v) is 9.79. The second kappa shape index (κ2) is 4.24. The number of hydrogen-bond donors (Lipinski definition) is 1. The van der Waals surface area contributed by atoms with Gasteiger partial charge in [-0.1, -0.05) is 0 Å². The standard InChI is InChI=1S/C10H9N3O4S/c11-18(16,17)13-6-3-8(9(13)10(14)15)7-1-4-12-5-2-7/h1-6H,(H,14,15)(H2,11,16,17)/p-1. The van der Waals surface area contributed by atoms with E-state index in [0.717, 1.165) is 6.20 Å². The van der Waals surface area contributed by atoms with Gasteiger partial charge in [-0.05, 0) is 23.8 Å². The van der Waals surface area contributed by atoms with Gasteiger partial charge in [0.15, 0.2) is 0 Å². The van der Waals surface area contributed by atoms with E-state index in [1.54, 1.807) is 12.1 Å². The number of carboxylic acid groups (broad SMARTS) is 1. The lowest BCUT2D eigenvalue weighted by molar-refractivity contribution is -0.255. The molecule has 7 nitrogen and oxygen atoms in total. The number of carbonyl (C=O) groups excluding carboxylic acids is 1. The molecule has 18 heavy (non-hydrogen) atoms. The summed E-state index contributed by atoms with van der Waals surface area (Å²) in [7, 11) is -4.19. The molecule has 0 saturated heterocycles. The highest BCUT2D eigenvalue weighted by Crippen LogP contribution is 2.24. The molecule has 0 aliphatic carbocycles. The van der Waals surface area contributed by atoms with E-state index in [9.17, 15) is 18.3 Å². The Balaban J connectivity index is 2.72. The van der Waals surface area contributed by atoms with Crippen LogP contribution in [0.5, 0.6) is 0 Å². The number of carboxylic acids is 1. The predicted molar refractivity (Wildman–Crippen MR) is 60.5 cm³/mol. The highest BCUT2D eigenvalue weighted by atomic mass is 32.2. The van der Waals surface area contributed by atoms with E-state index in [4.69, 9.17) is 5.14 Å². The largest absolute Gasteiger partial charge is 0.543 e. The second-order valence-corrected chi connectivity index (χ2v) is 4.87. The van der Waals surface area contributed by atoms with Gasteiger partial charge in [0.2, 0.25) is 0 Å². The first-order valence-corrected chi connectivity index (χ1v) is 6.28. The van der Waals surface area contributed by atoms with Crippen molar-refractivity contribution in [2.75, 3.05) is 0 Å². The Kier molecular flexibility index (Phi) is 2.89. The van der Waals surface area contributed by atoms with Crippen LogP contribution in [-0.2, 0) is 10.2 Å². The van der Waals surface area contributed by atoms with Crippen LogP contribution in [0, 0.1) is 0 Å². The van der Waals surface area contributed by atoms with Crippen molar-refractivity contribution < 1.29 is 18.3 Å². The van der Waals surface area contributed by atoms with Crippen LogP contribution in [0.3, 0.4) is 0 Å². The van der Waals surface area contributed by atoms with Gasteiger partial charge in [0.05, 0.1) is 11.7 Å². The van der Waals surface area contributed by atoms with Gasteiger partial charge in [0.25, 0.3) is 0 Å². The molecule has 0 unspecified atom stereocenters. The summed E-state index contributed by atoms with van der Waals surface area (Å²) in [5, 5.41) is 16.0. The van der Waals surface area contributed by atoms with Crippen LogP contribution in [0.1, 0.15) is 10.5 Å². The Bertz CT molecular complexity index is 691. The second-order valence-electron chi connectivity index (χ2n) is 3.44. The molecule has 94 valence electrons. The molecule has 2 N–H and O–H groups in total. The molecule has 0 spiro atoms. The van der Waals surface area contributed by atoms with Crippen molar-refractivity contribution in [1.82, 2.24) is 8.96 Å². The third kappa shape index (κ3) is 2.11. The zero-order chi connectivity index (χ0) is 13.3. The number of nitrogens with zero attached hydrogens (tertiary/aromatic N) is 2. The molecule has 0 radical (unpaired) electrons. The summed E-state index contributed by atoms with van der Waals surface area (Å²) in [4.78, 5) is 14.8. The topological polar surface area (TPSA) is 118 Å². The number of carbonyl (C=O) groups is 1. The van der Waals surface area contributed by atoms with Crippen LogP contribution in [0.2, 0.25) is 0 Å². The van der Waals surface area contributed by atoms with E-state index in [1.165, 1.54) is 18.5 Å². The van der Waals surface area contributed by atoms with E-state index in [2.05, 4.69) is 4.98 Å². The summed E-state index contributed by atoms with van der Waals surface area (Å²) in [6, 6.07) is 4.44. The minimum atomic E-state index is -4.19. The molecule has 8 heteroatoms. The molecule has 0 atom stereocenters. The first kappa shape index (κ1) is 12.3. The van der Waals surface area contributed by atoms with Gasteiger partial charge in [-0.2, -0.15) is 8.42 Å². The van der Waals surface area contributed by atoms with E-state index in [-0.39, 0.29) is 5.56 Å². The van der Waals surface area contributed by atoms with Crippen LogP contribution in [-0.4, -0.2) is 23.3 Å². The minimum absolute atomic E-state index is 0.200. The zero-order valence-electron chi connectivity index (χ0n) is 8.98. The number of aromatic nitrogens is 2. The van der Waals surface area contributed by atoms with E-state index in [0.29, 0.717) is 9.54 Å². The fraction of sp³-hybridized carbons (Fsp3) is 0. The van der Waals surface area contributed by atoms with Gasteiger partial charge in [0, 0.05) is 24.2 Å². The monoisotopic (exact) mass is 266 g/mol.